The standard InChI is InChI=1S/C8H8Br2N2O/c9-7-5-3-11-2-1-6(5)12(4-13)8(7)10/h4,11H,1-3H2. The molecule has 0 spiro atoms. The lowest BCUT2D eigenvalue weighted by Gasteiger charge is -2.13. The maximum absolute atomic E-state index is 10.8. The van der Waals surface area contributed by atoms with Crippen LogP contribution >= 0.6 is 31.9 Å². The summed E-state index contributed by atoms with van der Waals surface area (Å²) in [5.41, 5.74) is 2.29. The van der Waals surface area contributed by atoms with Gasteiger partial charge in [-0.15, -0.1) is 0 Å². The van der Waals surface area contributed by atoms with Crippen LogP contribution in [0.4, 0.5) is 0 Å². The Morgan fingerprint density at radius 2 is 2.23 bits per heavy atom. The van der Waals surface area contributed by atoms with Gasteiger partial charge in [-0.05, 0) is 31.9 Å². The van der Waals surface area contributed by atoms with Crippen LogP contribution in [0.3, 0.4) is 0 Å². The molecule has 0 aromatic carbocycles. The van der Waals surface area contributed by atoms with Gasteiger partial charge in [0.1, 0.15) is 4.60 Å². The number of hydrogen-bond donors (Lipinski definition) is 1. The van der Waals surface area contributed by atoms with Crippen molar-refractivity contribution in [1.29, 1.82) is 0 Å². The summed E-state index contributed by atoms with van der Waals surface area (Å²) in [7, 11) is 0. The monoisotopic (exact) mass is 306 g/mol. The summed E-state index contributed by atoms with van der Waals surface area (Å²) in [6.07, 6.45) is 1.75. The first-order valence-electron chi connectivity index (χ1n) is 3.98. The van der Waals surface area contributed by atoms with Crippen molar-refractivity contribution < 1.29 is 4.79 Å². The van der Waals surface area contributed by atoms with E-state index < -0.39 is 0 Å². The SMILES string of the molecule is O=Cn1c(Br)c(Br)c2c1CCNC2. The van der Waals surface area contributed by atoms with E-state index in [1.165, 1.54) is 5.56 Å². The normalized spacial score (nSPS) is 15.5. The Morgan fingerprint density at radius 3 is 2.92 bits per heavy atom. The Morgan fingerprint density at radius 1 is 1.46 bits per heavy atom. The molecule has 13 heavy (non-hydrogen) atoms. The summed E-state index contributed by atoms with van der Waals surface area (Å²) in [6.45, 7) is 1.76. The summed E-state index contributed by atoms with van der Waals surface area (Å²) in [6, 6.07) is 0. The van der Waals surface area contributed by atoms with E-state index in [-0.39, 0.29) is 0 Å². The number of nitrogens with one attached hydrogen (secondary N) is 1. The van der Waals surface area contributed by atoms with Crippen LogP contribution in [-0.4, -0.2) is 17.5 Å². The number of halogens is 2. The number of aromatic nitrogens is 1. The molecule has 1 aliphatic heterocycles. The summed E-state index contributed by atoms with van der Waals surface area (Å²) in [5, 5.41) is 3.27. The molecule has 2 heterocycles. The highest BCUT2D eigenvalue weighted by atomic mass is 79.9. The third-order valence-corrected chi connectivity index (χ3v) is 4.41. The number of nitrogens with zero attached hydrogens (tertiary/aromatic N) is 1. The topological polar surface area (TPSA) is 34.0 Å². The van der Waals surface area contributed by atoms with Gasteiger partial charge in [-0.25, -0.2) is 0 Å². The van der Waals surface area contributed by atoms with E-state index in [0.717, 1.165) is 40.7 Å². The highest BCUT2D eigenvalue weighted by molar-refractivity contribution is 9.13. The molecule has 1 aliphatic rings. The van der Waals surface area contributed by atoms with Gasteiger partial charge in [-0.2, -0.15) is 0 Å². The fourth-order valence-electron chi connectivity index (χ4n) is 1.60. The van der Waals surface area contributed by atoms with Crippen LogP contribution < -0.4 is 5.32 Å². The molecule has 1 aromatic rings. The molecule has 0 aliphatic carbocycles. The van der Waals surface area contributed by atoms with Gasteiger partial charge in [-0.3, -0.25) is 9.36 Å². The Bertz CT molecular complexity index is 360. The van der Waals surface area contributed by atoms with Gasteiger partial charge in [0.05, 0.1) is 4.47 Å². The van der Waals surface area contributed by atoms with Crippen LogP contribution in [0.15, 0.2) is 9.08 Å². The summed E-state index contributed by atoms with van der Waals surface area (Å²) >= 11 is 6.84. The largest absolute Gasteiger partial charge is 0.312 e. The second kappa shape index (κ2) is 3.55. The van der Waals surface area contributed by atoms with E-state index >= 15 is 0 Å². The molecule has 5 heteroatoms. The molecule has 0 saturated heterocycles. The lowest BCUT2D eigenvalue weighted by Crippen LogP contribution is -2.24. The Hall–Kier alpha value is -0.130. The number of carbonyl (C=O) groups is 1. The van der Waals surface area contributed by atoms with Crippen molar-refractivity contribution in [3.05, 3.63) is 20.3 Å². The van der Waals surface area contributed by atoms with Crippen molar-refractivity contribution in [2.75, 3.05) is 6.54 Å². The minimum atomic E-state index is 0.816. The summed E-state index contributed by atoms with van der Waals surface area (Å²) in [5.74, 6) is 0. The molecule has 0 saturated carbocycles. The minimum Gasteiger partial charge on any atom is -0.312 e. The molecule has 1 aromatic heterocycles. The quantitative estimate of drug-likeness (QED) is 0.801. The van der Waals surface area contributed by atoms with Crippen molar-refractivity contribution in [1.82, 2.24) is 9.88 Å². The molecule has 1 N–H and O–H groups in total. The van der Waals surface area contributed by atoms with Gasteiger partial charge in [-0.1, -0.05) is 0 Å². The summed E-state index contributed by atoms with van der Waals surface area (Å²) < 4.78 is 3.46. The van der Waals surface area contributed by atoms with Gasteiger partial charge in [0.2, 0.25) is 6.41 Å². The lowest BCUT2D eigenvalue weighted by molar-refractivity contribution is 0.541. The van der Waals surface area contributed by atoms with E-state index in [4.69, 9.17) is 0 Å². The first-order chi connectivity index (χ1) is 6.25. The van der Waals surface area contributed by atoms with Crippen molar-refractivity contribution >= 4 is 38.3 Å². The third kappa shape index (κ3) is 1.39. The van der Waals surface area contributed by atoms with Gasteiger partial charge in [0, 0.05) is 30.8 Å². The molecule has 0 unspecified atom stereocenters. The average molecular weight is 308 g/mol. The van der Waals surface area contributed by atoms with Crippen molar-refractivity contribution in [2.24, 2.45) is 0 Å². The highest BCUT2D eigenvalue weighted by Gasteiger charge is 2.21. The Kier molecular flexibility index (Phi) is 2.58. The van der Waals surface area contributed by atoms with Crippen molar-refractivity contribution in [3.8, 4) is 0 Å². The second-order valence-corrected chi connectivity index (χ2v) is 4.48. The fraction of sp³-hybridized carbons (Fsp3) is 0.375. The number of carbonyl (C=O) groups excluding carboxylic acids is 1. The number of fused-ring (bicyclic) bond motifs is 1. The smallest absolute Gasteiger partial charge is 0.218 e. The highest BCUT2D eigenvalue weighted by Crippen LogP contribution is 2.33. The van der Waals surface area contributed by atoms with Gasteiger partial charge in [0.25, 0.3) is 0 Å². The van der Waals surface area contributed by atoms with Crippen molar-refractivity contribution in [3.63, 3.8) is 0 Å². The van der Waals surface area contributed by atoms with Crippen LogP contribution in [0.1, 0.15) is 11.3 Å². The van der Waals surface area contributed by atoms with Gasteiger partial charge < -0.3 is 5.32 Å². The molecule has 0 fully saturated rings. The molecule has 2 rings (SSSR count). The first kappa shape index (κ1) is 9.43. The maximum atomic E-state index is 10.8. The van der Waals surface area contributed by atoms with E-state index in [1.807, 2.05) is 0 Å². The number of rotatable bonds is 1. The maximum Gasteiger partial charge on any atom is 0.218 e. The second-order valence-electron chi connectivity index (χ2n) is 2.93. The Balaban J connectivity index is 2.63. The van der Waals surface area contributed by atoms with E-state index in [9.17, 15) is 4.79 Å². The van der Waals surface area contributed by atoms with Crippen LogP contribution in [0, 0.1) is 0 Å². The number of hydrogen-bond acceptors (Lipinski definition) is 2. The summed E-state index contributed by atoms with van der Waals surface area (Å²) in [4.78, 5) is 10.8. The third-order valence-electron chi connectivity index (χ3n) is 2.24. The van der Waals surface area contributed by atoms with Crippen LogP contribution in [-0.2, 0) is 17.8 Å². The van der Waals surface area contributed by atoms with E-state index in [0.29, 0.717) is 0 Å². The van der Waals surface area contributed by atoms with E-state index in [2.05, 4.69) is 37.2 Å². The zero-order valence-electron chi connectivity index (χ0n) is 6.81. The van der Waals surface area contributed by atoms with Crippen LogP contribution in [0.2, 0.25) is 0 Å². The van der Waals surface area contributed by atoms with Gasteiger partial charge >= 0.3 is 0 Å². The average Bonchev–Trinajstić information content (AvgIpc) is 2.41. The zero-order valence-corrected chi connectivity index (χ0v) is 9.98. The predicted molar refractivity (Wildman–Crippen MR) is 57.4 cm³/mol. The van der Waals surface area contributed by atoms with Crippen LogP contribution in [0.25, 0.3) is 0 Å². The molecular weight excluding hydrogens is 300 g/mol. The predicted octanol–water partition coefficient (Wildman–Crippen LogP) is 1.70. The van der Waals surface area contributed by atoms with Crippen molar-refractivity contribution in [2.45, 2.75) is 13.0 Å². The molecule has 0 bridgehead atoms. The lowest BCUT2D eigenvalue weighted by atomic mass is 10.1. The Labute approximate surface area is 92.8 Å². The fourth-order valence-corrected chi connectivity index (χ4v) is 2.70. The molecule has 70 valence electrons. The molecule has 3 nitrogen and oxygen atoms in total. The molecule has 0 radical (unpaired) electrons. The van der Waals surface area contributed by atoms with E-state index in [1.54, 1.807) is 4.57 Å². The molecule has 0 amide bonds. The molecule has 0 atom stereocenters. The zero-order chi connectivity index (χ0) is 9.42. The van der Waals surface area contributed by atoms with Crippen LogP contribution in [0.5, 0.6) is 0 Å². The van der Waals surface area contributed by atoms with Gasteiger partial charge in [0.15, 0.2) is 0 Å². The minimum absolute atomic E-state index is 0.816. The molecular formula is C8H8Br2N2O. The first-order valence-corrected chi connectivity index (χ1v) is 5.57.